The van der Waals surface area contributed by atoms with Crippen molar-refractivity contribution in [1.29, 1.82) is 0 Å². The number of benzene rings is 1. The van der Waals surface area contributed by atoms with Crippen LogP contribution in [0.15, 0.2) is 18.2 Å². The largest absolute Gasteiger partial charge is 0.508 e. The second-order valence-corrected chi connectivity index (χ2v) is 10.2. The second-order valence-electron chi connectivity index (χ2n) is 10.2. The Morgan fingerprint density at radius 1 is 0.842 bits per heavy atom. The molecule has 3 atom stereocenters. The molecular weight excluding hydrogens is 494 g/mol. The smallest absolute Gasteiger partial charge is 0.468 e. The Bertz CT molecular complexity index is 960. The molecule has 2 unspecified atom stereocenters. The van der Waals surface area contributed by atoms with Gasteiger partial charge in [-0.2, -0.15) is 0 Å². The summed E-state index contributed by atoms with van der Waals surface area (Å²) in [5.41, 5.74) is 5.36. The molecule has 0 aliphatic carbocycles. The standard InChI is InChI=1S/C28H43NO9/c1-9-13-35-27(33)36-14-12-28(29,26(32)34-8)16-21-10-11-22(37-24(30)19(6)17(2)3)23(15-21)38-25(31)20(7)18(4)5/h10-11,15,17-20H,9,12-14,16,29H2,1-8H3/t19?,20?,28-/m1/s1. The molecular formula is C28H43NO9. The average Bonchev–Trinajstić information content (AvgIpc) is 2.86. The van der Waals surface area contributed by atoms with Crippen molar-refractivity contribution in [3.05, 3.63) is 23.8 Å². The van der Waals surface area contributed by atoms with E-state index in [4.69, 9.17) is 29.4 Å². The Kier molecular flexibility index (Phi) is 13.3. The van der Waals surface area contributed by atoms with Crippen LogP contribution in [0.4, 0.5) is 4.79 Å². The van der Waals surface area contributed by atoms with Crippen molar-refractivity contribution in [3.8, 4) is 11.5 Å². The lowest BCUT2D eigenvalue weighted by Gasteiger charge is -2.27. The molecule has 0 aliphatic heterocycles. The van der Waals surface area contributed by atoms with Crippen molar-refractivity contribution >= 4 is 24.1 Å². The minimum Gasteiger partial charge on any atom is -0.468 e. The molecule has 1 aromatic carbocycles. The van der Waals surface area contributed by atoms with Crippen molar-refractivity contribution in [1.82, 2.24) is 0 Å². The van der Waals surface area contributed by atoms with E-state index in [9.17, 15) is 19.2 Å². The third-order valence-corrected chi connectivity index (χ3v) is 6.48. The van der Waals surface area contributed by atoms with Gasteiger partial charge in [-0.3, -0.25) is 14.4 Å². The molecule has 0 radical (unpaired) electrons. The summed E-state index contributed by atoms with van der Waals surface area (Å²) in [5, 5.41) is 0. The van der Waals surface area contributed by atoms with Gasteiger partial charge < -0.3 is 29.4 Å². The van der Waals surface area contributed by atoms with E-state index in [1.54, 1.807) is 19.9 Å². The minimum absolute atomic E-state index is 0.0256. The lowest BCUT2D eigenvalue weighted by molar-refractivity contribution is -0.148. The van der Waals surface area contributed by atoms with Crippen molar-refractivity contribution in [2.75, 3.05) is 20.3 Å². The monoisotopic (exact) mass is 537 g/mol. The van der Waals surface area contributed by atoms with Gasteiger partial charge in [0.1, 0.15) is 5.54 Å². The van der Waals surface area contributed by atoms with Gasteiger partial charge in [0.2, 0.25) is 0 Å². The topological polar surface area (TPSA) is 140 Å². The quantitative estimate of drug-likeness (QED) is 0.267. The van der Waals surface area contributed by atoms with Crippen molar-refractivity contribution < 1.29 is 42.9 Å². The number of hydrogen-bond acceptors (Lipinski definition) is 10. The highest BCUT2D eigenvalue weighted by Gasteiger charge is 2.36. The number of nitrogens with two attached hydrogens (primary N) is 1. The lowest BCUT2D eigenvalue weighted by atomic mass is 9.88. The van der Waals surface area contributed by atoms with E-state index < -0.39 is 35.5 Å². The molecule has 38 heavy (non-hydrogen) atoms. The summed E-state index contributed by atoms with van der Waals surface area (Å²) < 4.78 is 26.0. The molecule has 214 valence electrons. The average molecular weight is 538 g/mol. The SMILES string of the molecule is CCCOC(=O)OCC[C@@](N)(Cc1ccc(OC(=O)C(C)C(C)C)c(OC(=O)C(C)C(C)C)c1)C(=O)OC. The summed E-state index contributed by atoms with van der Waals surface area (Å²) in [6.45, 7) is 13.0. The Hall–Kier alpha value is -3.14. The number of hydrogen-bond donors (Lipinski definition) is 1. The van der Waals surface area contributed by atoms with Crippen LogP contribution in [0, 0.1) is 23.7 Å². The third-order valence-electron chi connectivity index (χ3n) is 6.48. The van der Waals surface area contributed by atoms with Crippen LogP contribution < -0.4 is 15.2 Å². The van der Waals surface area contributed by atoms with Crippen LogP contribution in [0.1, 0.15) is 66.9 Å². The minimum atomic E-state index is -1.56. The van der Waals surface area contributed by atoms with E-state index in [0.717, 1.165) is 0 Å². The summed E-state index contributed by atoms with van der Waals surface area (Å²) in [4.78, 5) is 49.6. The van der Waals surface area contributed by atoms with Gasteiger partial charge in [0.15, 0.2) is 11.5 Å². The molecule has 1 rings (SSSR count). The van der Waals surface area contributed by atoms with Crippen LogP contribution in [0.5, 0.6) is 11.5 Å². The molecule has 0 saturated carbocycles. The van der Waals surface area contributed by atoms with Crippen LogP contribution >= 0.6 is 0 Å². The fourth-order valence-electron chi connectivity index (χ4n) is 3.15. The number of carbonyl (C=O) groups is 4. The normalized spacial score (nSPS) is 14.3. The van der Waals surface area contributed by atoms with Crippen LogP contribution in [0.25, 0.3) is 0 Å². The maximum absolute atomic E-state index is 12.7. The van der Waals surface area contributed by atoms with Gasteiger partial charge >= 0.3 is 24.1 Å². The number of esters is 3. The van der Waals surface area contributed by atoms with Gasteiger partial charge in [-0.25, -0.2) is 4.79 Å². The maximum atomic E-state index is 12.7. The summed E-state index contributed by atoms with van der Waals surface area (Å²) in [7, 11) is 1.21. The zero-order chi connectivity index (χ0) is 29.0. The van der Waals surface area contributed by atoms with E-state index in [1.165, 1.54) is 19.2 Å². The number of carbonyl (C=O) groups excluding carboxylic acids is 4. The molecule has 2 N–H and O–H groups in total. The molecule has 10 nitrogen and oxygen atoms in total. The van der Waals surface area contributed by atoms with Gasteiger partial charge in [0, 0.05) is 12.8 Å². The highest BCUT2D eigenvalue weighted by molar-refractivity contribution is 5.81. The van der Waals surface area contributed by atoms with Crippen LogP contribution in [-0.4, -0.2) is 49.9 Å². The van der Waals surface area contributed by atoms with Gasteiger partial charge in [0.05, 0.1) is 32.2 Å². The van der Waals surface area contributed by atoms with E-state index in [1.807, 2.05) is 34.6 Å². The highest BCUT2D eigenvalue weighted by atomic mass is 16.7. The second kappa shape index (κ2) is 15.3. The van der Waals surface area contributed by atoms with Crippen LogP contribution in [0.2, 0.25) is 0 Å². The highest BCUT2D eigenvalue weighted by Crippen LogP contribution is 2.32. The van der Waals surface area contributed by atoms with Crippen LogP contribution in [-0.2, 0) is 35.0 Å². The predicted octanol–water partition coefficient (Wildman–Crippen LogP) is 4.45. The van der Waals surface area contributed by atoms with Gasteiger partial charge in [-0.05, 0) is 36.0 Å². The molecule has 0 amide bonds. The van der Waals surface area contributed by atoms with Crippen molar-refractivity contribution in [2.45, 2.75) is 73.3 Å². The van der Waals surface area contributed by atoms with Gasteiger partial charge in [-0.15, -0.1) is 0 Å². The molecule has 0 heterocycles. The molecule has 0 spiro atoms. The molecule has 0 aliphatic rings. The van der Waals surface area contributed by atoms with Gasteiger partial charge in [0.25, 0.3) is 0 Å². The number of rotatable bonds is 14. The summed E-state index contributed by atoms with van der Waals surface area (Å²) in [6.07, 6.45) is -0.297. The maximum Gasteiger partial charge on any atom is 0.508 e. The molecule has 0 fully saturated rings. The first-order valence-electron chi connectivity index (χ1n) is 13.0. The molecule has 0 bridgehead atoms. The molecule has 10 heteroatoms. The number of ether oxygens (including phenoxy) is 5. The molecule has 0 aromatic heterocycles. The Morgan fingerprint density at radius 2 is 1.37 bits per heavy atom. The van der Waals surface area contributed by atoms with E-state index in [-0.39, 0.29) is 55.3 Å². The first-order valence-corrected chi connectivity index (χ1v) is 13.0. The first-order chi connectivity index (χ1) is 17.7. The fourth-order valence-corrected chi connectivity index (χ4v) is 3.15. The van der Waals surface area contributed by atoms with Crippen LogP contribution in [0.3, 0.4) is 0 Å². The first kappa shape index (κ1) is 32.9. The van der Waals surface area contributed by atoms with Gasteiger partial charge in [-0.1, -0.05) is 54.5 Å². The molecule has 0 saturated heterocycles. The third kappa shape index (κ3) is 9.96. The zero-order valence-corrected chi connectivity index (χ0v) is 23.8. The predicted molar refractivity (Wildman–Crippen MR) is 141 cm³/mol. The van der Waals surface area contributed by atoms with E-state index >= 15 is 0 Å². The Labute approximate surface area is 225 Å². The summed E-state index contributed by atoms with van der Waals surface area (Å²) in [6, 6.07) is 4.63. The fraction of sp³-hybridized carbons (Fsp3) is 0.643. The zero-order valence-electron chi connectivity index (χ0n) is 23.8. The Morgan fingerprint density at radius 3 is 1.87 bits per heavy atom. The molecule has 1 aromatic rings. The van der Waals surface area contributed by atoms with Crippen molar-refractivity contribution in [3.63, 3.8) is 0 Å². The van der Waals surface area contributed by atoms with Crippen molar-refractivity contribution in [2.24, 2.45) is 29.4 Å². The lowest BCUT2D eigenvalue weighted by Crippen LogP contribution is -2.51. The summed E-state index contributed by atoms with van der Waals surface area (Å²) >= 11 is 0. The Balaban J connectivity index is 3.25. The summed E-state index contributed by atoms with van der Waals surface area (Å²) in [5.74, 6) is -2.26. The van der Waals surface area contributed by atoms with E-state index in [0.29, 0.717) is 12.0 Å². The number of methoxy groups -OCH3 is 1. The van der Waals surface area contributed by atoms with E-state index in [2.05, 4.69) is 0 Å².